The lowest BCUT2D eigenvalue weighted by Gasteiger charge is -2.16. The average molecular weight is 273 g/mol. The van der Waals surface area contributed by atoms with Gasteiger partial charge in [0.25, 0.3) is 0 Å². The molecular formula is C17H27N3. The number of hydrogen-bond donors (Lipinski definition) is 1. The van der Waals surface area contributed by atoms with E-state index in [2.05, 4.69) is 34.3 Å². The standard InChI is InChI=1S/C17H27N3/c1-2-8-18-9-14-6-7-17(19-10-14)13-20-11-15-4-3-5-16(15)12-20/h6-7,10,15-16,18H,2-5,8-9,11-13H2,1H3. The van der Waals surface area contributed by atoms with Gasteiger partial charge >= 0.3 is 0 Å². The first kappa shape index (κ1) is 14.0. The van der Waals surface area contributed by atoms with Crippen molar-refractivity contribution in [1.29, 1.82) is 0 Å². The fraction of sp³-hybridized carbons (Fsp3) is 0.706. The first-order valence-electron chi connectivity index (χ1n) is 8.22. The number of fused-ring (bicyclic) bond motifs is 1. The van der Waals surface area contributed by atoms with Crippen molar-refractivity contribution in [1.82, 2.24) is 15.2 Å². The zero-order chi connectivity index (χ0) is 13.8. The number of pyridine rings is 1. The normalized spacial score (nSPS) is 26.1. The molecule has 1 aliphatic carbocycles. The Balaban J connectivity index is 1.48. The molecule has 1 aliphatic heterocycles. The monoisotopic (exact) mass is 273 g/mol. The highest BCUT2D eigenvalue weighted by molar-refractivity contribution is 5.14. The summed E-state index contributed by atoms with van der Waals surface area (Å²) in [4.78, 5) is 7.24. The summed E-state index contributed by atoms with van der Waals surface area (Å²) in [5.41, 5.74) is 2.52. The van der Waals surface area contributed by atoms with Crippen molar-refractivity contribution in [3.05, 3.63) is 29.6 Å². The summed E-state index contributed by atoms with van der Waals surface area (Å²) in [5, 5.41) is 3.42. The van der Waals surface area contributed by atoms with Gasteiger partial charge in [0.2, 0.25) is 0 Å². The number of hydrogen-bond acceptors (Lipinski definition) is 3. The quantitative estimate of drug-likeness (QED) is 0.808. The van der Waals surface area contributed by atoms with Crippen molar-refractivity contribution < 1.29 is 0 Å². The number of aromatic nitrogens is 1. The van der Waals surface area contributed by atoms with E-state index in [0.717, 1.165) is 31.5 Å². The van der Waals surface area contributed by atoms with E-state index in [-0.39, 0.29) is 0 Å². The summed E-state index contributed by atoms with van der Waals surface area (Å²) in [6.07, 6.45) is 7.59. The Bertz CT molecular complexity index is 403. The lowest BCUT2D eigenvalue weighted by atomic mass is 10.0. The third-order valence-corrected chi connectivity index (χ3v) is 4.83. The molecule has 1 saturated carbocycles. The summed E-state index contributed by atoms with van der Waals surface area (Å²) in [5.74, 6) is 1.96. The van der Waals surface area contributed by atoms with Gasteiger partial charge in [0.05, 0.1) is 5.69 Å². The minimum absolute atomic E-state index is 0.939. The lowest BCUT2D eigenvalue weighted by Crippen LogP contribution is -2.21. The molecule has 1 aromatic rings. The molecule has 1 N–H and O–H groups in total. The van der Waals surface area contributed by atoms with Crippen molar-refractivity contribution in [2.45, 2.75) is 45.7 Å². The molecule has 3 rings (SSSR count). The van der Waals surface area contributed by atoms with Crippen LogP contribution in [-0.2, 0) is 13.1 Å². The third-order valence-electron chi connectivity index (χ3n) is 4.83. The van der Waals surface area contributed by atoms with Crippen LogP contribution in [0.4, 0.5) is 0 Å². The van der Waals surface area contributed by atoms with Gasteiger partial charge in [0.1, 0.15) is 0 Å². The molecule has 2 aliphatic rings. The number of likely N-dealkylation sites (tertiary alicyclic amines) is 1. The maximum absolute atomic E-state index is 4.63. The highest BCUT2D eigenvalue weighted by atomic mass is 15.2. The molecule has 1 aromatic heterocycles. The average Bonchev–Trinajstić information content (AvgIpc) is 3.02. The van der Waals surface area contributed by atoms with Crippen molar-refractivity contribution in [3.8, 4) is 0 Å². The minimum Gasteiger partial charge on any atom is -0.313 e. The first-order valence-corrected chi connectivity index (χ1v) is 8.22. The predicted molar refractivity (Wildman–Crippen MR) is 82.3 cm³/mol. The summed E-state index contributed by atoms with van der Waals surface area (Å²) in [7, 11) is 0. The van der Waals surface area contributed by atoms with Crippen LogP contribution < -0.4 is 5.32 Å². The van der Waals surface area contributed by atoms with Crippen LogP contribution in [0.15, 0.2) is 18.3 Å². The van der Waals surface area contributed by atoms with Gasteiger partial charge in [-0.2, -0.15) is 0 Å². The molecule has 2 unspecified atom stereocenters. The van der Waals surface area contributed by atoms with Crippen LogP contribution >= 0.6 is 0 Å². The van der Waals surface area contributed by atoms with E-state index in [1.807, 2.05) is 6.20 Å². The van der Waals surface area contributed by atoms with Gasteiger partial charge in [-0.3, -0.25) is 9.88 Å². The predicted octanol–water partition coefficient (Wildman–Crippen LogP) is 2.81. The Labute approximate surface area is 122 Å². The molecule has 3 heteroatoms. The molecule has 0 aromatic carbocycles. The molecule has 3 nitrogen and oxygen atoms in total. The number of nitrogens with zero attached hydrogens (tertiary/aromatic N) is 2. The van der Waals surface area contributed by atoms with E-state index in [4.69, 9.17) is 0 Å². The Hall–Kier alpha value is -0.930. The van der Waals surface area contributed by atoms with Gasteiger partial charge in [-0.05, 0) is 49.3 Å². The fourth-order valence-corrected chi connectivity index (χ4v) is 3.75. The SMILES string of the molecule is CCCNCc1ccc(CN2CC3CCCC3C2)nc1. The van der Waals surface area contributed by atoms with Crippen LogP contribution in [-0.4, -0.2) is 29.5 Å². The Morgan fingerprint density at radius 3 is 2.70 bits per heavy atom. The number of rotatable bonds is 6. The first-order chi connectivity index (χ1) is 9.85. The zero-order valence-electron chi connectivity index (χ0n) is 12.6. The van der Waals surface area contributed by atoms with E-state index in [1.165, 1.54) is 50.0 Å². The van der Waals surface area contributed by atoms with E-state index < -0.39 is 0 Å². The van der Waals surface area contributed by atoms with Gasteiger partial charge in [0.15, 0.2) is 0 Å². The van der Waals surface area contributed by atoms with Crippen molar-refractivity contribution in [2.75, 3.05) is 19.6 Å². The molecule has 0 bridgehead atoms. The molecule has 1 saturated heterocycles. The van der Waals surface area contributed by atoms with Crippen LogP contribution in [0.1, 0.15) is 43.9 Å². The van der Waals surface area contributed by atoms with E-state index >= 15 is 0 Å². The van der Waals surface area contributed by atoms with Gasteiger partial charge in [-0.25, -0.2) is 0 Å². The Kier molecular flexibility index (Phi) is 4.69. The Morgan fingerprint density at radius 1 is 1.25 bits per heavy atom. The minimum atomic E-state index is 0.939. The molecular weight excluding hydrogens is 246 g/mol. The van der Waals surface area contributed by atoms with Crippen LogP contribution in [0.25, 0.3) is 0 Å². The molecule has 110 valence electrons. The second-order valence-electron chi connectivity index (χ2n) is 6.48. The summed E-state index contributed by atoms with van der Waals surface area (Å²) >= 11 is 0. The van der Waals surface area contributed by atoms with Crippen molar-refractivity contribution in [3.63, 3.8) is 0 Å². The van der Waals surface area contributed by atoms with E-state index in [1.54, 1.807) is 0 Å². The Morgan fingerprint density at radius 2 is 2.05 bits per heavy atom. The number of nitrogens with one attached hydrogen (secondary N) is 1. The van der Waals surface area contributed by atoms with Crippen LogP contribution in [0.5, 0.6) is 0 Å². The maximum Gasteiger partial charge on any atom is 0.0544 e. The largest absolute Gasteiger partial charge is 0.313 e. The molecule has 2 fully saturated rings. The van der Waals surface area contributed by atoms with E-state index in [0.29, 0.717) is 0 Å². The smallest absolute Gasteiger partial charge is 0.0544 e. The summed E-state index contributed by atoms with van der Waals surface area (Å²) in [6.45, 7) is 7.85. The van der Waals surface area contributed by atoms with E-state index in [9.17, 15) is 0 Å². The second-order valence-corrected chi connectivity index (χ2v) is 6.48. The van der Waals surface area contributed by atoms with Gasteiger partial charge in [0, 0.05) is 32.4 Å². The van der Waals surface area contributed by atoms with Crippen molar-refractivity contribution >= 4 is 0 Å². The second kappa shape index (κ2) is 6.68. The molecule has 20 heavy (non-hydrogen) atoms. The zero-order valence-corrected chi connectivity index (χ0v) is 12.6. The maximum atomic E-state index is 4.63. The van der Waals surface area contributed by atoms with Crippen LogP contribution in [0, 0.1) is 11.8 Å². The third kappa shape index (κ3) is 3.39. The van der Waals surface area contributed by atoms with Gasteiger partial charge in [-0.1, -0.05) is 19.4 Å². The summed E-state index contributed by atoms with van der Waals surface area (Å²) in [6, 6.07) is 4.43. The molecule has 0 radical (unpaired) electrons. The van der Waals surface area contributed by atoms with Gasteiger partial charge < -0.3 is 5.32 Å². The summed E-state index contributed by atoms with van der Waals surface area (Å²) < 4.78 is 0. The van der Waals surface area contributed by atoms with Crippen LogP contribution in [0.2, 0.25) is 0 Å². The molecule has 0 amide bonds. The van der Waals surface area contributed by atoms with Crippen LogP contribution in [0.3, 0.4) is 0 Å². The molecule has 0 spiro atoms. The topological polar surface area (TPSA) is 28.2 Å². The fourth-order valence-electron chi connectivity index (χ4n) is 3.75. The van der Waals surface area contributed by atoms with Gasteiger partial charge in [-0.15, -0.1) is 0 Å². The lowest BCUT2D eigenvalue weighted by molar-refractivity contribution is 0.300. The molecule has 2 atom stereocenters. The highest BCUT2D eigenvalue weighted by Crippen LogP contribution is 2.37. The molecule has 2 heterocycles. The highest BCUT2D eigenvalue weighted by Gasteiger charge is 2.35. The van der Waals surface area contributed by atoms with Crippen molar-refractivity contribution in [2.24, 2.45) is 11.8 Å².